The molecule has 0 saturated heterocycles. The third-order valence-corrected chi connectivity index (χ3v) is 8.10. The lowest BCUT2D eigenvalue weighted by Crippen LogP contribution is -2.32. The molecule has 0 amide bonds. The third-order valence-electron chi connectivity index (χ3n) is 8.10. The standard InChI is InChI=1S/C32H32N2/c1-21-15-17-27-25(19-21)32(4,5)26-20-22(16-18-28(26)33(27)6)34-29-13-9-7-11-23(29)31(2,3)24-12-8-10-14-30(24)34/h7-20H,1-6H3. The van der Waals surface area contributed by atoms with Gasteiger partial charge in [-0.15, -0.1) is 0 Å². The molecular weight excluding hydrogens is 412 g/mol. The lowest BCUT2D eigenvalue weighted by molar-refractivity contribution is 0.626. The number of rotatable bonds is 1. The number of hydrogen-bond acceptors (Lipinski definition) is 2. The Labute approximate surface area is 203 Å². The molecule has 2 heterocycles. The predicted octanol–water partition coefficient (Wildman–Crippen LogP) is 8.51. The number of benzene rings is 4. The van der Waals surface area contributed by atoms with Crippen LogP contribution >= 0.6 is 0 Å². The van der Waals surface area contributed by atoms with Crippen LogP contribution < -0.4 is 9.80 Å². The maximum Gasteiger partial charge on any atom is 0.0502 e. The zero-order chi connectivity index (χ0) is 23.8. The van der Waals surface area contributed by atoms with Crippen molar-refractivity contribution in [1.29, 1.82) is 0 Å². The van der Waals surface area contributed by atoms with Crippen LogP contribution in [-0.2, 0) is 10.8 Å². The highest BCUT2D eigenvalue weighted by Crippen LogP contribution is 2.54. The van der Waals surface area contributed by atoms with E-state index in [9.17, 15) is 0 Å². The van der Waals surface area contributed by atoms with Gasteiger partial charge >= 0.3 is 0 Å². The highest BCUT2D eigenvalue weighted by atomic mass is 15.2. The van der Waals surface area contributed by atoms with Crippen molar-refractivity contribution in [2.75, 3.05) is 16.8 Å². The van der Waals surface area contributed by atoms with E-state index in [2.05, 4.69) is 136 Å². The first-order chi connectivity index (χ1) is 16.2. The van der Waals surface area contributed by atoms with Crippen molar-refractivity contribution in [2.45, 2.75) is 45.4 Å². The Hall–Kier alpha value is -3.52. The number of anilines is 5. The molecule has 0 aliphatic carbocycles. The van der Waals surface area contributed by atoms with E-state index < -0.39 is 0 Å². The highest BCUT2D eigenvalue weighted by Gasteiger charge is 2.39. The monoisotopic (exact) mass is 444 g/mol. The molecule has 34 heavy (non-hydrogen) atoms. The van der Waals surface area contributed by atoms with E-state index in [0.717, 1.165) is 0 Å². The first kappa shape index (κ1) is 21.0. The molecule has 0 aromatic heterocycles. The second kappa shape index (κ2) is 6.99. The molecule has 0 atom stereocenters. The Morgan fingerprint density at radius 1 is 0.529 bits per heavy atom. The minimum absolute atomic E-state index is 0.0478. The molecule has 2 aliphatic heterocycles. The van der Waals surface area contributed by atoms with Gasteiger partial charge in [-0.25, -0.2) is 0 Å². The van der Waals surface area contributed by atoms with E-state index in [1.54, 1.807) is 0 Å². The molecule has 2 aliphatic rings. The molecule has 0 saturated carbocycles. The molecular formula is C32H32N2. The van der Waals surface area contributed by atoms with Gasteiger partial charge in [-0.1, -0.05) is 81.8 Å². The summed E-state index contributed by atoms with van der Waals surface area (Å²) in [6.07, 6.45) is 0. The summed E-state index contributed by atoms with van der Waals surface area (Å²) in [5.41, 5.74) is 13.0. The SMILES string of the molecule is Cc1ccc2c(c1)C(C)(C)c1cc(N3c4ccccc4C(C)(C)c4ccccc43)ccc1N2C. The molecule has 0 fully saturated rings. The van der Waals surface area contributed by atoms with Crippen molar-refractivity contribution in [2.24, 2.45) is 0 Å². The first-order valence-corrected chi connectivity index (χ1v) is 12.2. The van der Waals surface area contributed by atoms with Crippen LogP contribution in [0.1, 0.15) is 55.5 Å². The molecule has 0 unspecified atom stereocenters. The first-order valence-electron chi connectivity index (χ1n) is 12.2. The van der Waals surface area contributed by atoms with E-state index >= 15 is 0 Å². The molecule has 0 N–H and O–H groups in total. The number of nitrogens with zero attached hydrogens (tertiary/aromatic N) is 2. The second-order valence-electron chi connectivity index (χ2n) is 10.9. The predicted molar refractivity (Wildman–Crippen MR) is 145 cm³/mol. The van der Waals surface area contributed by atoms with Gasteiger partial charge in [-0.2, -0.15) is 0 Å². The molecule has 2 heteroatoms. The lowest BCUT2D eigenvalue weighted by atomic mass is 9.72. The van der Waals surface area contributed by atoms with Gasteiger partial charge in [-0.05, 0) is 65.6 Å². The van der Waals surface area contributed by atoms with Gasteiger partial charge in [0.2, 0.25) is 0 Å². The molecule has 0 spiro atoms. The Morgan fingerprint density at radius 3 is 1.65 bits per heavy atom. The molecule has 4 aromatic rings. The molecule has 4 aromatic carbocycles. The summed E-state index contributed by atoms with van der Waals surface area (Å²) >= 11 is 0. The van der Waals surface area contributed by atoms with Crippen LogP contribution in [0.2, 0.25) is 0 Å². The average molecular weight is 445 g/mol. The minimum atomic E-state index is -0.0900. The van der Waals surface area contributed by atoms with E-state index in [1.807, 2.05) is 0 Å². The maximum atomic E-state index is 2.46. The largest absolute Gasteiger partial charge is 0.344 e. The van der Waals surface area contributed by atoms with Crippen molar-refractivity contribution in [3.63, 3.8) is 0 Å². The van der Waals surface area contributed by atoms with E-state index in [0.29, 0.717) is 0 Å². The smallest absolute Gasteiger partial charge is 0.0502 e. The van der Waals surface area contributed by atoms with Crippen LogP contribution in [-0.4, -0.2) is 7.05 Å². The molecule has 170 valence electrons. The van der Waals surface area contributed by atoms with Gasteiger partial charge in [0.1, 0.15) is 0 Å². The van der Waals surface area contributed by atoms with Gasteiger partial charge in [0.05, 0.1) is 11.4 Å². The Morgan fingerprint density at radius 2 is 1.03 bits per heavy atom. The van der Waals surface area contributed by atoms with Crippen molar-refractivity contribution < 1.29 is 0 Å². The van der Waals surface area contributed by atoms with Gasteiger partial charge < -0.3 is 9.80 Å². The topological polar surface area (TPSA) is 6.48 Å². The molecule has 0 radical (unpaired) electrons. The number of hydrogen-bond donors (Lipinski definition) is 0. The summed E-state index contributed by atoms with van der Waals surface area (Å²) in [5, 5.41) is 0. The number of aryl methyl sites for hydroxylation is 1. The van der Waals surface area contributed by atoms with Gasteiger partial charge in [0, 0.05) is 34.9 Å². The normalized spacial score (nSPS) is 16.9. The summed E-state index contributed by atoms with van der Waals surface area (Å²) in [6, 6.07) is 31.6. The van der Waals surface area contributed by atoms with Crippen molar-refractivity contribution in [3.8, 4) is 0 Å². The number of para-hydroxylation sites is 2. The summed E-state index contributed by atoms with van der Waals surface area (Å²) in [7, 11) is 2.19. The third kappa shape index (κ3) is 2.75. The molecule has 6 rings (SSSR count). The van der Waals surface area contributed by atoms with Crippen LogP contribution in [0, 0.1) is 6.92 Å². The summed E-state index contributed by atoms with van der Waals surface area (Å²) in [5.74, 6) is 0. The Kier molecular flexibility index (Phi) is 4.33. The van der Waals surface area contributed by atoms with E-state index in [-0.39, 0.29) is 10.8 Å². The van der Waals surface area contributed by atoms with Crippen LogP contribution in [0.4, 0.5) is 28.4 Å². The zero-order valence-electron chi connectivity index (χ0n) is 21.0. The Balaban J connectivity index is 1.59. The van der Waals surface area contributed by atoms with Crippen molar-refractivity contribution >= 4 is 28.4 Å². The fourth-order valence-electron chi connectivity index (χ4n) is 6.12. The van der Waals surface area contributed by atoms with Crippen LogP contribution in [0.3, 0.4) is 0 Å². The van der Waals surface area contributed by atoms with Gasteiger partial charge in [-0.3, -0.25) is 0 Å². The zero-order valence-corrected chi connectivity index (χ0v) is 21.0. The fraction of sp³-hybridized carbons (Fsp3) is 0.250. The van der Waals surface area contributed by atoms with E-state index in [1.165, 1.54) is 56.3 Å². The highest BCUT2D eigenvalue weighted by molar-refractivity contribution is 5.88. The van der Waals surface area contributed by atoms with Crippen LogP contribution in [0.5, 0.6) is 0 Å². The van der Waals surface area contributed by atoms with Crippen LogP contribution in [0.25, 0.3) is 0 Å². The minimum Gasteiger partial charge on any atom is -0.344 e. The number of fused-ring (bicyclic) bond motifs is 4. The molecule has 2 nitrogen and oxygen atoms in total. The Bertz CT molecular complexity index is 1390. The van der Waals surface area contributed by atoms with Crippen molar-refractivity contribution in [3.05, 3.63) is 113 Å². The second-order valence-corrected chi connectivity index (χ2v) is 10.9. The van der Waals surface area contributed by atoms with Gasteiger partial charge in [0.15, 0.2) is 0 Å². The quantitative estimate of drug-likeness (QED) is 0.290. The summed E-state index contributed by atoms with van der Waals surface area (Å²) < 4.78 is 0. The fourth-order valence-corrected chi connectivity index (χ4v) is 6.12. The summed E-state index contributed by atoms with van der Waals surface area (Å²) in [4.78, 5) is 4.80. The maximum absolute atomic E-state index is 2.46. The lowest BCUT2D eigenvalue weighted by Gasteiger charge is -2.44. The average Bonchev–Trinajstić information content (AvgIpc) is 2.83. The van der Waals surface area contributed by atoms with Gasteiger partial charge in [0.25, 0.3) is 0 Å². The van der Waals surface area contributed by atoms with Crippen molar-refractivity contribution in [1.82, 2.24) is 0 Å². The molecule has 0 bridgehead atoms. The van der Waals surface area contributed by atoms with E-state index in [4.69, 9.17) is 0 Å². The summed E-state index contributed by atoms with van der Waals surface area (Å²) in [6.45, 7) is 11.6. The van der Waals surface area contributed by atoms with Crippen LogP contribution in [0.15, 0.2) is 84.9 Å².